The minimum atomic E-state index is 0.0511. The minimum Gasteiger partial charge on any atom is -0.393 e. The summed E-state index contributed by atoms with van der Waals surface area (Å²) < 4.78 is 0. The lowest BCUT2D eigenvalue weighted by atomic mass is 9.53. The Labute approximate surface area is 165 Å². The number of nitrogens with zero attached hydrogens (tertiary/aromatic N) is 2. The van der Waals surface area contributed by atoms with Crippen LogP contribution in [0.1, 0.15) is 55.8 Å². The lowest BCUT2D eigenvalue weighted by molar-refractivity contribution is 0.0106. The number of benzene rings is 1. The van der Waals surface area contributed by atoms with Crippen molar-refractivity contribution < 1.29 is 4.79 Å². The number of nitrogen functional groups attached to an aromatic ring is 1. The van der Waals surface area contributed by atoms with Crippen LogP contribution in [-0.4, -0.2) is 21.3 Å². The molecular formula is C22H27N5O. The largest absolute Gasteiger partial charge is 0.393 e. The fourth-order valence-corrected chi connectivity index (χ4v) is 6.03. The van der Waals surface area contributed by atoms with Crippen LogP contribution < -0.4 is 16.4 Å². The van der Waals surface area contributed by atoms with Gasteiger partial charge in [0.2, 0.25) is 0 Å². The molecule has 6 rings (SSSR count). The number of hydrogen-bond donors (Lipinski definition) is 3. The van der Waals surface area contributed by atoms with Crippen LogP contribution in [0.2, 0.25) is 0 Å². The zero-order valence-electron chi connectivity index (χ0n) is 16.2. The van der Waals surface area contributed by atoms with Gasteiger partial charge in [0, 0.05) is 16.8 Å². The van der Waals surface area contributed by atoms with Crippen LogP contribution in [0.5, 0.6) is 0 Å². The molecule has 6 nitrogen and oxygen atoms in total. The van der Waals surface area contributed by atoms with E-state index in [2.05, 4.69) is 20.6 Å². The standard InChI is InChI=1S/C22H27N5O/c1-13(28)17-2-4-18(5-3-17)26-20-19(23)21(25-12-24-20)27-22-9-14-6-15(10-22)8-16(7-14)11-22/h2-5,12,14-16H,6-11,23H2,1H3,(H2,24,25,26,27). The third kappa shape index (κ3) is 3.11. The highest BCUT2D eigenvalue weighted by Gasteiger charge is 2.51. The van der Waals surface area contributed by atoms with Gasteiger partial charge in [0.15, 0.2) is 17.4 Å². The highest BCUT2D eigenvalue weighted by Crippen LogP contribution is 2.56. The van der Waals surface area contributed by atoms with E-state index in [9.17, 15) is 4.79 Å². The number of ketones is 1. The Balaban J connectivity index is 1.36. The summed E-state index contributed by atoms with van der Waals surface area (Å²) in [6, 6.07) is 7.34. The molecule has 4 bridgehead atoms. The van der Waals surface area contributed by atoms with Crippen LogP contribution in [0.25, 0.3) is 0 Å². The second-order valence-corrected chi connectivity index (χ2v) is 9.07. The summed E-state index contributed by atoms with van der Waals surface area (Å²) in [6.45, 7) is 1.56. The zero-order chi connectivity index (χ0) is 19.3. The first-order valence-corrected chi connectivity index (χ1v) is 10.3. The average molecular weight is 377 g/mol. The number of aromatic nitrogens is 2. The number of Topliss-reactive ketones (excluding diaryl/α,β-unsaturated/α-hetero) is 1. The molecule has 6 heteroatoms. The van der Waals surface area contributed by atoms with E-state index >= 15 is 0 Å². The van der Waals surface area contributed by atoms with E-state index in [1.165, 1.54) is 38.5 Å². The maximum absolute atomic E-state index is 11.4. The van der Waals surface area contributed by atoms with Crippen LogP contribution in [0.3, 0.4) is 0 Å². The Morgan fingerprint density at radius 1 is 1.00 bits per heavy atom. The number of rotatable bonds is 5. The number of nitrogens with one attached hydrogen (secondary N) is 2. The highest BCUT2D eigenvalue weighted by molar-refractivity contribution is 5.94. The molecular weight excluding hydrogens is 350 g/mol. The van der Waals surface area contributed by atoms with Gasteiger partial charge in [-0.05, 0) is 87.5 Å². The predicted molar refractivity (Wildman–Crippen MR) is 111 cm³/mol. The Morgan fingerprint density at radius 3 is 2.14 bits per heavy atom. The topological polar surface area (TPSA) is 92.9 Å². The Morgan fingerprint density at radius 2 is 1.57 bits per heavy atom. The van der Waals surface area contributed by atoms with Crippen LogP contribution >= 0.6 is 0 Å². The number of nitrogens with two attached hydrogens (primary N) is 1. The second-order valence-electron chi connectivity index (χ2n) is 9.07. The first kappa shape index (κ1) is 17.5. The van der Waals surface area contributed by atoms with Gasteiger partial charge in [-0.15, -0.1) is 0 Å². The lowest BCUT2D eigenvalue weighted by Crippen LogP contribution is -2.55. The number of carbonyl (C=O) groups is 1. The molecule has 28 heavy (non-hydrogen) atoms. The minimum absolute atomic E-state index is 0.0511. The van der Waals surface area contributed by atoms with Crippen molar-refractivity contribution in [3.05, 3.63) is 36.2 Å². The van der Waals surface area contributed by atoms with Crippen molar-refractivity contribution in [1.82, 2.24) is 9.97 Å². The molecule has 0 radical (unpaired) electrons. The van der Waals surface area contributed by atoms with Crippen LogP contribution in [0, 0.1) is 17.8 Å². The molecule has 1 aromatic carbocycles. The molecule has 1 aromatic heterocycles. The first-order valence-electron chi connectivity index (χ1n) is 10.3. The van der Waals surface area contributed by atoms with Crippen molar-refractivity contribution in [3.8, 4) is 0 Å². The van der Waals surface area contributed by atoms with E-state index < -0.39 is 0 Å². The Bertz CT molecular complexity index is 872. The molecule has 2 aromatic rings. The van der Waals surface area contributed by atoms with E-state index in [0.29, 0.717) is 17.1 Å². The predicted octanol–water partition coefficient (Wildman–Crippen LogP) is 4.39. The fraction of sp³-hybridized carbons (Fsp3) is 0.500. The monoisotopic (exact) mass is 377 g/mol. The first-order chi connectivity index (χ1) is 13.5. The van der Waals surface area contributed by atoms with Crippen molar-refractivity contribution in [2.45, 2.75) is 51.0 Å². The summed E-state index contributed by atoms with van der Waals surface area (Å²) in [4.78, 5) is 20.2. The second kappa shape index (κ2) is 6.47. The molecule has 4 saturated carbocycles. The van der Waals surface area contributed by atoms with E-state index in [-0.39, 0.29) is 11.3 Å². The van der Waals surface area contributed by atoms with E-state index in [1.807, 2.05) is 12.1 Å². The lowest BCUT2D eigenvalue weighted by Gasteiger charge is -2.57. The average Bonchev–Trinajstić information content (AvgIpc) is 2.64. The summed E-state index contributed by atoms with van der Waals surface area (Å²) in [6.07, 6.45) is 9.48. The van der Waals surface area contributed by atoms with Crippen LogP contribution in [0.4, 0.5) is 23.0 Å². The van der Waals surface area contributed by atoms with Crippen LogP contribution in [-0.2, 0) is 0 Å². The van der Waals surface area contributed by atoms with Gasteiger partial charge in [0.1, 0.15) is 12.0 Å². The van der Waals surface area contributed by atoms with Crippen LogP contribution in [0.15, 0.2) is 30.6 Å². The molecule has 4 aliphatic carbocycles. The summed E-state index contributed by atoms with van der Waals surface area (Å²) in [5.74, 6) is 3.96. The van der Waals surface area contributed by atoms with Gasteiger partial charge < -0.3 is 16.4 Å². The number of anilines is 4. The van der Waals surface area contributed by atoms with Crippen molar-refractivity contribution in [3.63, 3.8) is 0 Å². The molecule has 0 atom stereocenters. The molecule has 4 N–H and O–H groups in total. The van der Waals surface area contributed by atoms with Gasteiger partial charge in [-0.25, -0.2) is 9.97 Å². The molecule has 1 heterocycles. The van der Waals surface area contributed by atoms with Crippen molar-refractivity contribution in [2.75, 3.05) is 16.4 Å². The van der Waals surface area contributed by atoms with Crippen molar-refractivity contribution in [1.29, 1.82) is 0 Å². The Hall–Kier alpha value is -2.63. The van der Waals surface area contributed by atoms with Gasteiger partial charge in [0.05, 0.1) is 0 Å². The number of carbonyl (C=O) groups excluding carboxylic acids is 1. The van der Waals surface area contributed by atoms with Gasteiger partial charge >= 0.3 is 0 Å². The number of hydrogen-bond acceptors (Lipinski definition) is 6. The third-order valence-corrected chi connectivity index (χ3v) is 6.86. The summed E-state index contributed by atoms with van der Waals surface area (Å²) in [5, 5.41) is 7.00. The molecule has 0 spiro atoms. The summed E-state index contributed by atoms with van der Waals surface area (Å²) in [5.41, 5.74) is 8.66. The smallest absolute Gasteiger partial charge is 0.159 e. The summed E-state index contributed by atoms with van der Waals surface area (Å²) >= 11 is 0. The maximum Gasteiger partial charge on any atom is 0.159 e. The van der Waals surface area contributed by atoms with E-state index in [1.54, 1.807) is 25.4 Å². The van der Waals surface area contributed by atoms with E-state index in [0.717, 1.165) is 29.3 Å². The van der Waals surface area contributed by atoms with Gasteiger partial charge in [0.25, 0.3) is 0 Å². The van der Waals surface area contributed by atoms with Crippen molar-refractivity contribution in [2.24, 2.45) is 17.8 Å². The molecule has 4 fully saturated rings. The third-order valence-electron chi connectivity index (χ3n) is 6.86. The molecule has 0 unspecified atom stereocenters. The highest BCUT2D eigenvalue weighted by atomic mass is 16.1. The maximum atomic E-state index is 11.4. The quantitative estimate of drug-likeness (QED) is 0.669. The fourth-order valence-electron chi connectivity index (χ4n) is 6.03. The summed E-state index contributed by atoms with van der Waals surface area (Å²) in [7, 11) is 0. The SMILES string of the molecule is CC(=O)c1ccc(Nc2ncnc(NC34CC5CC(CC(C5)C3)C4)c2N)cc1. The molecule has 0 aliphatic heterocycles. The normalized spacial score (nSPS) is 30.2. The zero-order valence-corrected chi connectivity index (χ0v) is 16.2. The Kier molecular flexibility index (Phi) is 4.03. The molecule has 0 amide bonds. The molecule has 4 aliphatic rings. The van der Waals surface area contributed by atoms with Crippen molar-refractivity contribution >= 4 is 28.8 Å². The molecule has 0 saturated heterocycles. The van der Waals surface area contributed by atoms with Gasteiger partial charge in [-0.3, -0.25) is 4.79 Å². The van der Waals surface area contributed by atoms with Gasteiger partial charge in [-0.2, -0.15) is 0 Å². The van der Waals surface area contributed by atoms with E-state index in [4.69, 9.17) is 5.73 Å². The van der Waals surface area contributed by atoms with Gasteiger partial charge in [-0.1, -0.05) is 0 Å². The molecule has 146 valence electrons.